The van der Waals surface area contributed by atoms with E-state index in [9.17, 15) is 4.79 Å². The van der Waals surface area contributed by atoms with Gasteiger partial charge in [0.1, 0.15) is 0 Å². The first kappa shape index (κ1) is 9.44. The molecule has 0 aromatic rings. The maximum absolute atomic E-state index is 11.7. The third-order valence-corrected chi connectivity index (χ3v) is 2.92. The number of piperidine rings is 1. The summed E-state index contributed by atoms with van der Waals surface area (Å²) in [4.78, 5) is 18.0. The average Bonchev–Trinajstić information content (AvgIpc) is 2.79. The number of guanidine groups is 1. The number of nitrogens with zero attached hydrogens (tertiary/aromatic N) is 5. The number of carbonyl (C=O) groups is 1. The zero-order chi connectivity index (χ0) is 11.0. The molecule has 1 fully saturated rings. The van der Waals surface area contributed by atoms with Crippen LogP contribution in [0.4, 0.5) is 0 Å². The molecule has 3 aliphatic rings. The van der Waals surface area contributed by atoms with Crippen molar-refractivity contribution in [2.75, 3.05) is 13.1 Å². The van der Waals surface area contributed by atoms with Crippen molar-refractivity contribution >= 4 is 17.7 Å². The highest BCUT2D eigenvalue weighted by molar-refractivity contribution is 6.20. The fourth-order valence-corrected chi connectivity index (χ4v) is 2.05. The maximum Gasteiger partial charge on any atom is 0.261 e. The molecule has 0 bridgehead atoms. The van der Waals surface area contributed by atoms with Crippen molar-refractivity contribution in [3.8, 4) is 0 Å². The van der Waals surface area contributed by atoms with Crippen LogP contribution in [0.3, 0.4) is 0 Å². The molecule has 1 N–H and O–H groups in total. The van der Waals surface area contributed by atoms with Gasteiger partial charge in [-0.05, 0) is 24.5 Å². The van der Waals surface area contributed by atoms with E-state index in [4.69, 9.17) is 0 Å². The fraction of sp³-hybridized carbons (Fsp3) is 0.667. The van der Waals surface area contributed by atoms with E-state index < -0.39 is 6.04 Å². The van der Waals surface area contributed by atoms with Crippen LogP contribution in [0.15, 0.2) is 20.4 Å². The number of rotatable bonds is 0. The van der Waals surface area contributed by atoms with Gasteiger partial charge in [0, 0.05) is 13.1 Å². The number of likely N-dealkylation sites (tertiary alicyclic amines) is 1. The first-order valence-corrected chi connectivity index (χ1v) is 5.47. The Kier molecular flexibility index (Phi) is 2.16. The quantitative estimate of drug-likeness (QED) is 0.628. The molecule has 7 nitrogen and oxygen atoms in total. The summed E-state index contributed by atoms with van der Waals surface area (Å²) in [6.07, 6.45) is 3.52. The molecule has 3 aliphatic heterocycles. The van der Waals surface area contributed by atoms with Crippen LogP contribution in [-0.2, 0) is 4.79 Å². The van der Waals surface area contributed by atoms with Gasteiger partial charge in [-0.3, -0.25) is 10.1 Å². The minimum absolute atomic E-state index is 0.185. The fourth-order valence-electron chi connectivity index (χ4n) is 2.05. The van der Waals surface area contributed by atoms with E-state index in [1.807, 2.05) is 0 Å². The number of fused-ring (bicyclic) bond motifs is 1. The third kappa shape index (κ3) is 1.48. The molecule has 1 saturated heterocycles. The predicted octanol–water partition coefficient (Wildman–Crippen LogP) is 0.106. The second kappa shape index (κ2) is 3.66. The van der Waals surface area contributed by atoms with Crippen molar-refractivity contribution in [2.24, 2.45) is 20.4 Å². The summed E-state index contributed by atoms with van der Waals surface area (Å²) in [5.41, 5.74) is 0. The molecule has 0 aromatic heterocycles. The Hall–Kier alpha value is -1.79. The lowest BCUT2D eigenvalue weighted by Gasteiger charge is -2.31. The van der Waals surface area contributed by atoms with Gasteiger partial charge in [0.05, 0.1) is 0 Å². The summed E-state index contributed by atoms with van der Waals surface area (Å²) in [5.74, 6) is 0.826. The van der Waals surface area contributed by atoms with Gasteiger partial charge in [0.15, 0.2) is 5.84 Å². The van der Waals surface area contributed by atoms with E-state index >= 15 is 0 Å². The van der Waals surface area contributed by atoms with Gasteiger partial charge in [0.2, 0.25) is 12.0 Å². The van der Waals surface area contributed by atoms with Crippen LogP contribution in [0.2, 0.25) is 0 Å². The largest absolute Gasteiger partial charge is 0.342 e. The Morgan fingerprint density at radius 1 is 1.25 bits per heavy atom. The van der Waals surface area contributed by atoms with Crippen LogP contribution >= 0.6 is 0 Å². The van der Waals surface area contributed by atoms with Crippen molar-refractivity contribution in [3.05, 3.63) is 0 Å². The normalized spacial score (nSPS) is 28.4. The van der Waals surface area contributed by atoms with Gasteiger partial charge in [-0.1, -0.05) is 0 Å². The molecule has 0 aliphatic carbocycles. The number of amides is 1. The van der Waals surface area contributed by atoms with E-state index in [-0.39, 0.29) is 5.91 Å². The first-order valence-electron chi connectivity index (χ1n) is 5.47. The van der Waals surface area contributed by atoms with E-state index in [1.165, 1.54) is 6.42 Å². The van der Waals surface area contributed by atoms with Gasteiger partial charge in [-0.25, -0.2) is 0 Å². The summed E-state index contributed by atoms with van der Waals surface area (Å²) < 4.78 is 0. The van der Waals surface area contributed by atoms with Crippen molar-refractivity contribution < 1.29 is 4.79 Å². The topological polar surface area (TPSA) is 81.8 Å². The van der Waals surface area contributed by atoms with Crippen LogP contribution in [0.1, 0.15) is 19.3 Å². The molecule has 16 heavy (non-hydrogen) atoms. The van der Waals surface area contributed by atoms with E-state index in [0.717, 1.165) is 25.9 Å². The third-order valence-electron chi connectivity index (χ3n) is 2.92. The van der Waals surface area contributed by atoms with Gasteiger partial charge in [-0.15, -0.1) is 10.2 Å². The van der Waals surface area contributed by atoms with Crippen LogP contribution in [-0.4, -0.2) is 41.7 Å². The average molecular weight is 220 g/mol. The summed E-state index contributed by atoms with van der Waals surface area (Å²) >= 11 is 0. The first-order chi connectivity index (χ1) is 7.84. The summed E-state index contributed by atoms with van der Waals surface area (Å²) in [5, 5.41) is 13.7. The molecule has 84 valence electrons. The monoisotopic (exact) mass is 220 g/mol. The highest BCUT2D eigenvalue weighted by Gasteiger charge is 2.34. The number of hydrogen-bond acceptors (Lipinski definition) is 6. The summed E-state index contributed by atoms with van der Waals surface area (Å²) in [7, 11) is 0. The Morgan fingerprint density at radius 2 is 2.06 bits per heavy atom. The molecule has 7 heteroatoms. The minimum atomic E-state index is -0.631. The highest BCUT2D eigenvalue weighted by atomic mass is 16.2. The highest BCUT2D eigenvalue weighted by Crippen LogP contribution is 2.14. The minimum Gasteiger partial charge on any atom is -0.342 e. The maximum atomic E-state index is 11.7. The lowest BCUT2D eigenvalue weighted by atomic mass is 10.1. The molecular formula is C9H12N6O. The molecular weight excluding hydrogens is 208 g/mol. The number of amidine groups is 1. The standard InChI is InChI=1S/C9H12N6O/c16-8-6-7(13-14-12-6)10-9(11-8)15-4-2-1-3-5-15/h6H,1-5H2,(H,10,11,12,13,16). The van der Waals surface area contributed by atoms with Gasteiger partial charge >= 0.3 is 0 Å². The lowest BCUT2D eigenvalue weighted by Crippen LogP contribution is -2.53. The lowest BCUT2D eigenvalue weighted by molar-refractivity contribution is -0.119. The molecule has 0 saturated carbocycles. The Balaban J connectivity index is 1.83. The molecule has 3 rings (SSSR count). The second-order valence-electron chi connectivity index (χ2n) is 4.04. The Labute approximate surface area is 92.3 Å². The van der Waals surface area contributed by atoms with Crippen molar-refractivity contribution in [3.63, 3.8) is 0 Å². The van der Waals surface area contributed by atoms with Crippen molar-refractivity contribution in [2.45, 2.75) is 25.3 Å². The van der Waals surface area contributed by atoms with E-state index in [1.54, 1.807) is 0 Å². The number of nitrogens with one attached hydrogen (secondary N) is 1. The number of carbonyl (C=O) groups excluding carboxylic acids is 1. The molecule has 1 amide bonds. The molecule has 1 unspecified atom stereocenters. The Bertz CT molecular complexity index is 406. The van der Waals surface area contributed by atoms with Gasteiger partial charge in [-0.2, -0.15) is 4.99 Å². The van der Waals surface area contributed by atoms with Crippen LogP contribution < -0.4 is 5.32 Å². The van der Waals surface area contributed by atoms with Crippen LogP contribution in [0.25, 0.3) is 0 Å². The zero-order valence-electron chi connectivity index (χ0n) is 8.76. The van der Waals surface area contributed by atoms with Crippen LogP contribution in [0.5, 0.6) is 0 Å². The van der Waals surface area contributed by atoms with E-state index in [0.29, 0.717) is 11.8 Å². The van der Waals surface area contributed by atoms with Gasteiger partial charge < -0.3 is 4.90 Å². The van der Waals surface area contributed by atoms with Crippen LogP contribution in [0, 0.1) is 0 Å². The molecule has 0 aromatic carbocycles. The Morgan fingerprint density at radius 3 is 2.88 bits per heavy atom. The smallest absolute Gasteiger partial charge is 0.261 e. The van der Waals surface area contributed by atoms with Crippen molar-refractivity contribution in [1.82, 2.24) is 10.2 Å². The second-order valence-corrected chi connectivity index (χ2v) is 4.04. The molecule has 0 radical (unpaired) electrons. The number of aliphatic imine (C=N–C) groups is 1. The van der Waals surface area contributed by atoms with E-state index in [2.05, 4.69) is 30.6 Å². The number of hydrogen-bond donors (Lipinski definition) is 1. The van der Waals surface area contributed by atoms with Gasteiger partial charge in [0.25, 0.3) is 5.91 Å². The molecule has 3 heterocycles. The summed E-state index contributed by atoms with van der Waals surface area (Å²) in [6.45, 7) is 1.87. The zero-order valence-corrected chi connectivity index (χ0v) is 8.76. The molecule has 0 spiro atoms. The predicted molar refractivity (Wildman–Crippen MR) is 57.1 cm³/mol. The summed E-state index contributed by atoms with van der Waals surface area (Å²) in [6, 6.07) is -0.631. The van der Waals surface area contributed by atoms with Crippen molar-refractivity contribution in [1.29, 1.82) is 0 Å². The molecule has 1 atom stereocenters. The SMILES string of the molecule is O=C1NC(N2CCCCC2)=NC2=NN=NC12.